The molecule has 4 nitrogen and oxygen atoms in total. The molecule has 4 heteroatoms. The van der Waals surface area contributed by atoms with Crippen LogP contribution in [0, 0.1) is 6.92 Å². The minimum Gasteiger partial charge on any atom is -0.358 e. The lowest BCUT2D eigenvalue weighted by molar-refractivity contribution is -0.0589. The van der Waals surface area contributed by atoms with Gasteiger partial charge in [0.1, 0.15) is 0 Å². The average molecular weight is 246 g/mol. The molecular weight excluding hydrogens is 228 g/mol. The van der Waals surface area contributed by atoms with Crippen LogP contribution in [-0.4, -0.2) is 16.5 Å². The number of benzene rings is 1. The third-order valence-electron chi connectivity index (χ3n) is 2.57. The van der Waals surface area contributed by atoms with E-state index in [0.717, 1.165) is 16.6 Å². The number of fused-ring (bicyclic) bond motifs is 1. The second kappa shape index (κ2) is 4.46. The van der Waals surface area contributed by atoms with Crippen LogP contribution in [0.3, 0.4) is 0 Å². The zero-order valence-corrected chi connectivity index (χ0v) is 11.1. The molecule has 0 aliphatic heterocycles. The van der Waals surface area contributed by atoms with Gasteiger partial charge in [-0.3, -0.25) is 9.63 Å². The van der Waals surface area contributed by atoms with E-state index < -0.39 is 5.60 Å². The van der Waals surface area contributed by atoms with Crippen molar-refractivity contribution < 1.29 is 9.63 Å². The number of para-hydroxylation sites is 1. The highest BCUT2D eigenvalue weighted by Gasteiger charge is 2.18. The molecule has 0 bridgehead atoms. The first-order valence-corrected chi connectivity index (χ1v) is 5.94. The van der Waals surface area contributed by atoms with Crippen LogP contribution in [0.25, 0.3) is 10.9 Å². The fourth-order valence-corrected chi connectivity index (χ4v) is 1.82. The normalized spacial score (nSPS) is 11.8. The summed E-state index contributed by atoms with van der Waals surface area (Å²) < 4.78 is 0. The van der Waals surface area contributed by atoms with Crippen LogP contribution in [0.1, 0.15) is 36.8 Å². The van der Waals surface area contributed by atoms with Gasteiger partial charge < -0.3 is 4.98 Å². The zero-order valence-electron chi connectivity index (χ0n) is 11.1. The molecule has 1 aromatic carbocycles. The van der Waals surface area contributed by atoms with E-state index in [9.17, 15) is 4.79 Å². The second-order valence-electron chi connectivity index (χ2n) is 5.32. The molecule has 0 atom stereocenters. The monoisotopic (exact) mass is 246 g/mol. The van der Waals surface area contributed by atoms with Crippen molar-refractivity contribution in [1.29, 1.82) is 0 Å². The minimum atomic E-state index is -0.407. The topological polar surface area (TPSA) is 54.1 Å². The maximum Gasteiger partial charge on any atom is 0.277 e. The molecule has 0 saturated heterocycles. The number of hydrogen-bond donors (Lipinski definition) is 2. The van der Waals surface area contributed by atoms with Gasteiger partial charge in [0.2, 0.25) is 0 Å². The van der Waals surface area contributed by atoms with Gasteiger partial charge in [-0.1, -0.05) is 18.2 Å². The molecule has 2 rings (SSSR count). The molecule has 0 saturated carbocycles. The fraction of sp³-hybridized carbons (Fsp3) is 0.357. The van der Waals surface area contributed by atoms with E-state index >= 15 is 0 Å². The van der Waals surface area contributed by atoms with Crippen LogP contribution < -0.4 is 5.48 Å². The summed E-state index contributed by atoms with van der Waals surface area (Å²) in [6.45, 7) is 7.53. The van der Waals surface area contributed by atoms with Gasteiger partial charge in [0, 0.05) is 16.6 Å². The zero-order chi connectivity index (χ0) is 13.3. The number of H-pyrrole nitrogens is 1. The molecule has 96 valence electrons. The molecule has 0 aliphatic rings. The molecule has 0 spiro atoms. The van der Waals surface area contributed by atoms with Crippen molar-refractivity contribution in [2.45, 2.75) is 33.3 Å². The average Bonchev–Trinajstić information content (AvgIpc) is 2.61. The second-order valence-corrected chi connectivity index (χ2v) is 5.32. The van der Waals surface area contributed by atoms with Gasteiger partial charge in [0.25, 0.3) is 5.91 Å². The van der Waals surface area contributed by atoms with Crippen LogP contribution >= 0.6 is 0 Å². The van der Waals surface area contributed by atoms with Crippen molar-refractivity contribution in [3.05, 3.63) is 35.5 Å². The molecule has 0 unspecified atom stereocenters. The number of nitrogens with one attached hydrogen (secondary N) is 2. The van der Waals surface area contributed by atoms with E-state index in [1.54, 1.807) is 0 Å². The van der Waals surface area contributed by atoms with Crippen molar-refractivity contribution in [3.8, 4) is 0 Å². The van der Waals surface area contributed by atoms with Crippen LogP contribution in [0.4, 0.5) is 0 Å². The minimum absolute atomic E-state index is 0.222. The summed E-state index contributed by atoms with van der Waals surface area (Å²) in [5, 5.41) is 0.907. The highest BCUT2D eigenvalue weighted by Crippen LogP contribution is 2.21. The van der Waals surface area contributed by atoms with E-state index in [2.05, 4.69) is 10.5 Å². The first-order valence-electron chi connectivity index (χ1n) is 5.94. The highest BCUT2D eigenvalue weighted by molar-refractivity contribution is 6.07. The molecule has 1 heterocycles. The Hall–Kier alpha value is -1.81. The van der Waals surface area contributed by atoms with Crippen LogP contribution in [0.2, 0.25) is 0 Å². The lowest BCUT2D eigenvalue weighted by Crippen LogP contribution is -2.33. The van der Waals surface area contributed by atoms with Crippen molar-refractivity contribution in [3.63, 3.8) is 0 Å². The standard InChI is InChI=1S/C14H18N2O2/c1-9-12(13(17)16-18-14(2,3)4)10-7-5-6-8-11(10)15-9/h5-8,15H,1-4H3,(H,16,17). The Balaban J connectivity index is 2.30. The Morgan fingerprint density at radius 2 is 1.94 bits per heavy atom. The van der Waals surface area contributed by atoms with Gasteiger partial charge in [-0.15, -0.1) is 0 Å². The van der Waals surface area contributed by atoms with Gasteiger partial charge in [0.15, 0.2) is 0 Å². The molecule has 0 aliphatic carbocycles. The number of carbonyl (C=O) groups is 1. The van der Waals surface area contributed by atoms with Crippen molar-refractivity contribution in [1.82, 2.24) is 10.5 Å². The SMILES string of the molecule is Cc1[nH]c2ccccc2c1C(=O)NOC(C)(C)C. The Labute approximate surface area is 106 Å². The number of hydroxylamine groups is 1. The molecule has 1 aromatic heterocycles. The Bertz CT molecular complexity index is 579. The van der Waals surface area contributed by atoms with Crippen LogP contribution in [0.15, 0.2) is 24.3 Å². The summed E-state index contributed by atoms with van der Waals surface area (Å²) in [6.07, 6.45) is 0. The predicted octanol–water partition coefficient (Wildman–Crippen LogP) is 2.94. The fourth-order valence-electron chi connectivity index (χ4n) is 1.82. The summed E-state index contributed by atoms with van der Waals surface area (Å²) in [6, 6.07) is 7.72. The summed E-state index contributed by atoms with van der Waals surface area (Å²) in [4.78, 5) is 20.6. The van der Waals surface area contributed by atoms with E-state index in [1.165, 1.54) is 0 Å². The summed E-state index contributed by atoms with van der Waals surface area (Å²) in [5.41, 5.74) is 4.52. The number of carbonyl (C=O) groups excluding carboxylic acids is 1. The third kappa shape index (κ3) is 2.54. The van der Waals surface area contributed by atoms with Gasteiger partial charge >= 0.3 is 0 Å². The van der Waals surface area contributed by atoms with Gasteiger partial charge in [-0.05, 0) is 33.8 Å². The molecule has 0 fully saturated rings. The maximum absolute atomic E-state index is 12.1. The number of amides is 1. The van der Waals surface area contributed by atoms with Gasteiger partial charge in [-0.2, -0.15) is 0 Å². The largest absolute Gasteiger partial charge is 0.358 e. The first kappa shape index (κ1) is 12.6. The molecule has 0 radical (unpaired) electrons. The Morgan fingerprint density at radius 3 is 2.61 bits per heavy atom. The van der Waals surface area contributed by atoms with E-state index in [-0.39, 0.29) is 5.91 Å². The van der Waals surface area contributed by atoms with Crippen LogP contribution in [-0.2, 0) is 4.84 Å². The van der Waals surface area contributed by atoms with E-state index in [1.807, 2.05) is 52.0 Å². The third-order valence-corrected chi connectivity index (χ3v) is 2.57. The van der Waals surface area contributed by atoms with Gasteiger partial charge in [0.05, 0.1) is 11.2 Å². The quantitative estimate of drug-likeness (QED) is 0.800. The first-order chi connectivity index (χ1) is 8.38. The number of hydrogen-bond acceptors (Lipinski definition) is 2. The van der Waals surface area contributed by atoms with Gasteiger partial charge in [-0.25, -0.2) is 5.48 Å². The lowest BCUT2D eigenvalue weighted by atomic mass is 10.1. The number of aromatic nitrogens is 1. The summed E-state index contributed by atoms with van der Waals surface area (Å²) >= 11 is 0. The highest BCUT2D eigenvalue weighted by atomic mass is 16.7. The Morgan fingerprint density at radius 1 is 1.28 bits per heavy atom. The number of aromatic amines is 1. The van der Waals surface area contributed by atoms with Crippen molar-refractivity contribution in [2.75, 3.05) is 0 Å². The smallest absolute Gasteiger partial charge is 0.277 e. The lowest BCUT2D eigenvalue weighted by Gasteiger charge is -2.18. The molecular formula is C14H18N2O2. The maximum atomic E-state index is 12.1. The van der Waals surface area contributed by atoms with Crippen LogP contribution in [0.5, 0.6) is 0 Å². The Kier molecular flexibility index (Phi) is 3.13. The van der Waals surface area contributed by atoms with Crippen molar-refractivity contribution in [2.24, 2.45) is 0 Å². The molecule has 1 amide bonds. The summed E-state index contributed by atoms with van der Waals surface area (Å²) in [7, 11) is 0. The predicted molar refractivity (Wildman–Crippen MR) is 71.3 cm³/mol. The van der Waals surface area contributed by atoms with E-state index in [4.69, 9.17) is 4.84 Å². The molecule has 2 N–H and O–H groups in total. The molecule has 2 aromatic rings. The van der Waals surface area contributed by atoms with Crippen molar-refractivity contribution >= 4 is 16.8 Å². The summed E-state index contributed by atoms with van der Waals surface area (Å²) in [5.74, 6) is -0.222. The van der Waals surface area contributed by atoms with E-state index in [0.29, 0.717) is 5.56 Å². The molecule has 18 heavy (non-hydrogen) atoms. The number of aryl methyl sites for hydroxylation is 1. The number of rotatable bonds is 2.